The van der Waals surface area contributed by atoms with Gasteiger partial charge in [-0.2, -0.15) is 11.8 Å². The second-order valence-electron chi connectivity index (χ2n) is 5.38. The Morgan fingerprint density at radius 3 is 2.84 bits per heavy atom. The highest BCUT2D eigenvalue weighted by Crippen LogP contribution is 2.44. The van der Waals surface area contributed by atoms with Crippen LogP contribution in [-0.2, 0) is 5.75 Å². The van der Waals surface area contributed by atoms with Gasteiger partial charge in [-0.1, -0.05) is 26.8 Å². The highest BCUT2D eigenvalue weighted by Gasteiger charge is 2.33. The number of nitrogens with one attached hydrogen (secondary N) is 1. The molecule has 0 fully saturated rings. The van der Waals surface area contributed by atoms with Crippen molar-refractivity contribution in [2.45, 2.75) is 44.2 Å². The quantitative estimate of drug-likeness (QED) is 0.832. The summed E-state index contributed by atoms with van der Waals surface area (Å²) >= 11 is 5.34. The topological polar surface area (TPSA) is 12.0 Å². The van der Waals surface area contributed by atoms with E-state index in [4.69, 9.17) is 0 Å². The van der Waals surface area contributed by atoms with Crippen LogP contribution in [0, 0.1) is 11.7 Å². The van der Waals surface area contributed by atoms with Crippen LogP contribution in [0.4, 0.5) is 4.39 Å². The van der Waals surface area contributed by atoms with Gasteiger partial charge in [-0.05, 0) is 52.0 Å². The molecule has 2 unspecified atom stereocenters. The molecule has 1 N–H and O–H groups in total. The largest absolute Gasteiger partial charge is 0.309 e. The van der Waals surface area contributed by atoms with Crippen LogP contribution in [0.1, 0.15) is 44.4 Å². The van der Waals surface area contributed by atoms with Gasteiger partial charge in [0.2, 0.25) is 0 Å². The lowest BCUT2D eigenvalue weighted by Gasteiger charge is -2.36. The molecule has 0 amide bonds. The Balaban J connectivity index is 2.38. The van der Waals surface area contributed by atoms with Crippen molar-refractivity contribution in [1.29, 1.82) is 0 Å². The monoisotopic (exact) mass is 345 g/mol. The lowest BCUT2D eigenvalue weighted by molar-refractivity contribution is 0.437. The number of hydrogen-bond acceptors (Lipinski definition) is 2. The molecule has 1 aliphatic heterocycles. The summed E-state index contributed by atoms with van der Waals surface area (Å²) in [5, 5.41) is 4.19. The van der Waals surface area contributed by atoms with Gasteiger partial charge in [-0.25, -0.2) is 4.39 Å². The third-order valence-electron chi connectivity index (χ3n) is 3.59. The van der Waals surface area contributed by atoms with Gasteiger partial charge >= 0.3 is 0 Å². The number of thioether (sulfide) groups is 1. The molecule has 4 heteroatoms. The van der Waals surface area contributed by atoms with Gasteiger partial charge in [-0.3, -0.25) is 0 Å². The van der Waals surface area contributed by atoms with Crippen molar-refractivity contribution in [3.8, 4) is 0 Å². The van der Waals surface area contributed by atoms with Gasteiger partial charge in [0, 0.05) is 17.0 Å². The number of hydrogen-bond donors (Lipinski definition) is 1. The lowest BCUT2D eigenvalue weighted by atomic mass is 9.92. The summed E-state index contributed by atoms with van der Waals surface area (Å²) < 4.78 is 14.3. The van der Waals surface area contributed by atoms with Crippen molar-refractivity contribution in [2.75, 3.05) is 6.54 Å². The number of fused-ring (bicyclic) bond motifs is 1. The summed E-state index contributed by atoms with van der Waals surface area (Å²) in [6.45, 7) is 7.71. The fourth-order valence-electron chi connectivity index (χ4n) is 2.60. The third-order valence-corrected chi connectivity index (χ3v) is 6.10. The van der Waals surface area contributed by atoms with Gasteiger partial charge in [0.1, 0.15) is 5.82 Å². The zero-order valence-corrected chi connectivity index (χ0v) is 14.1. The van der Waals surface area contributed by atoms with Crippen molar-refractivity contribution in [3.63, 3.8) is 0 Å². The Morgan fingerprint density at radius 1 is 1.47 bits per heavy atom. The molecule has 0 radical (unpaired) electrons. The molecular weight excluding hydrogens is 325 g/mol. The van der Waals surface area contributed by atoms with Gasteiger partial charge in [0.15, 0.2) is 0 Å². The van der Waals surface area contributed by atoms with Crippen LogP contribution in [0.15, 0.2) is 16.6 Å². The van der Waals surface area contributed by atoms with Crippen LogP contribution in [0.25, 0.3) is 0 Å². The Bertz CT molecular complexity index is 450. The van der Waals surface area contributed by atoms with Crippen molar-refractivity contribution in [1.82, 2.24) is 5.32 Å². The van der Waals surface area contributed by atoms with E-state index < -0.39 is 0 Å². The van der Waals surface area contributed by atoms with E-state index in [0.717, 1.165) is 24.3 Å². The molecule has 1 heterocycles. The van der Waals surface area contributed by atoms with Crippen molar-refractivity contribution >= 4 is 27.7 Å². The molecule has 0 saturated carbocycles. The van der Waals surface area contributed by atoms with E-state index in [1.165, 1.54) is 5.56 Å². The zero-order chi connectivity index (χ0) is 14.0. The van der Waals surface area contributed by atoms with Gasteiger partial charge in [0.25, 0.3) is 0 Å². The van der Waals surface area contributed by atoms with Gasteiger partial charge < -0.3 is 5.32 Å². The molecule has 1 aromatic rings. The summed E-state index contributed by atoms with van der Waals surface area (Å²) in [6.07, 6.45) is 1.11. The highest BCUT2D eigenvalue weighted by molar-refractivity contribution is 9.10. The molecule has 1 aliphatic rings. The van der Waals surface area contributed by atoms with Crippen LogP contribution < -0.4 is 5.32 Å². The molecule has 2 atom stereocenters. The summed E-state index contributed by atoms with van der Waals surface area (Å²) in [7, 11) is 0. The maximum atomic E-state index is 13.7. The smallest absolute Gasteiger partial charge is 0.137 e. The first-order chi connectivity index (χ1) is 9.06. The average molecular weight is 346 g/mol. The Kier molecular flexibility index (Phi) is 5.32. The standard InChI is InChI=1S/C15H21BrFNS/c1-4-7-18-14-10-5-6-12(17)13(16)11(10)8-19-15(14)9(2)3/h5-6,9,14-15,18H,4,7-8H2,1-3H3. The summed E-state index contributed by atoms with van der Waals surface area (Å²) in [5.74, 6) is 1.34. The van der Waals surface area contributed by atoms with Crippen molar-refractivity contribution < 1.29 is 4.39 Å². The molecule has 2 rings (SSSR count). The first-order valence-electron chi connectivity index (χ1n) is 6.88. The van der Waals surface area contributed by atoms with Crippen LogP contribution in [0.5, 0.6) is 0 Å². The second-order valence-corrected chi connectivity index (χ2v) is 7.34. The van der Waals surface area contributed by atoms with E-state index in [2.05, 4.69) is 42.0 Å². The normalized spacial score (nSPS) is 22.6. The molecule has 0 spiro atoms. The summed E-state index contributed by atoms with van der Waals surface area (Å²) in [6, 6.07) is 3.86. The first kappa shape index (κ1) is 15.3. The molecule has 0 aromatic heterocycles. The predicted molar refractivity (Wildman–Crippen MR) is 85.1 cm³/mol. The van der Waals surface area contributed by atoms with Crippen LogP contribution in [-0.4, -0.2) is 11.8 Å². The SMILES string of the molecule is CCCNC1c2ccc(F)c(Br)c2CSC1C(C)C. The molecular formula is C15H21BrFNS. The second kappa shape index (κ2) is 6.59. The lowest BCUT2D eigenvalue weighted by Crippen LogP contribution is -2.37. The van der Waals surface area contributed by atoms with Crippen LogP contribution in [0.3, 0.4) is 0 Å². The fourth-order valence-corrected chi connectivity index (χ4v) is 4.78. The zero-order valence-electron chi connectivity index (χ0n) is 11.7. The number of halogens is 2. The molecule has 0 bridgehead atoms. The highest BCUT2D eigenvalue weighted by atomic mass is 79.9. The summed E-state index contributed by atoms with van der Waals surface area (Å²) in [5.41, 5.74) is 2.38. The minimum Gasteiger partial charge on any atom is -0.309 e. The van der Waals surface area contributed by atoms with Crippen molar-refractivity contribution in [2.24, 2.45) is 5.92 Å². The van der Waals surface area contributed by atoms with E-state index in [-0.39, 0.29) is 5.82 Å². The number of benzene rings is 1. The average Bonchev–Trinajstić information content (AvgIpc) is 2.39. The third kappa shape index (κ3) is 3.17. The van der Waals surface area contributed by atoms with Gasteiger partial charge in [0.05, 0.1) is 4.47 Å². The van der Waals surface area contributed by atoms with E-state index in [0.29, 0.717) is 21.7 Å². The first-order valence-corrected chi connectivity index (χ1v) is 8.72. The Morgan fingerprint density at radius 2 is 2.21 bits per heavy atom. The minimum absolute atomic E-state index is 0.156. The van der Waals surface area contributed by atoms with E-state index in [9.17, 15) is 4.39 Å². The molecule has 19 heavy (non-hydrogen) atoms. The minimum atomic E-state index is -0.156. The molecule has 1 nitrogen and oxygen atoms in total. The Hall–Kier alpha value is -0.0600. The maximum absolute atomic E-state index is 13.7. The van der Waals surface area contributed by atoms with Gasteiger partial charge in [-0.15, -0.1) is 0 Å². The predicted octanol–water partition coefficient (Wildman–Crippen LogP) is 4.90. The van der Waals surface area contributed by atoms with E-state index in [1.54, 1.807) is 6.07 Å². The molecule has 0 saturated heterocycles. The fraction of sp³-hybridized carbons (Fsp3) is 0.600. The Labute approximate surface area is 127 Å². The van der Waals surface area contributed by atoms with Crippen LogP contribution in [0.2, 0.25) is 0 Å². The van der Waals surface area contributed by atoms with E-state index >= 15 is 0 Å². The van der Waals surface area contributed by atoms with Crippen LogP contribution >= 0.6 is 27.7 Å². The molecule has 1 aromatic carbocycles. The number of rotatable bonds is 4. The van der Waals surface area contributed by atoms with Crippen molar-refractivity contribution in [3.05, 3.63) is 33.5 Å². The maximum Gasteiger partial charge on any atom is 0.137 e. The summed E-state index contributed by atoms with van der Waals surface area (Å²) in [4.78, 5) is 0. The molecule has 0 aliphatic carbocycles. The molecule has 106 valence electrons. The van der Waals surface area contributed by atoms with E-state index in [1.807, 2.05) is 17.8 Å².